The molecular formula is C13H26N2OS. The highest BCUT2D eigenvalue weighted by Gasteiger charge is 2.40. The first kappa shape index (κ1) is 14.8. The van der Waals surface area contributed by atoms with E-state index in [1.807, 2.05) is 23.6 Å². The molecule has 0 aromatic carbocycles. The Labute approximate surface area is 110 Å². The Bertz CT molecular complexity index is 248. The van der Waals surface area contributed by atoms with E-state index in [1.165, 1.54) is 25.0 Å². The molecule has 0 aromatic heterocycles. The Hall–Kier alpha value is -0.220. The second-order valence-electron chi connectivity index (χ2n) is 5.00. The molecule has 1 N–H and O–H groups in total. The first-order chi connectivity index (χ1) is 8.14. The van der Waals surface area contributed by atoms with Crippen molar-refractivity contribution in [3.8, 4) is 0 Å². The maximum atomic E-state index is 12.1. The summed E-state index contributed by atoms with van der Waals surface area (Å²) in [5.74, 6) is 1.54. The zero-order chi connectivity index (χ0) is 12.7. The van der Waals surface area contributed by atoms with E-state index in [2.05, 4.69) is 18.5 Å². The third kappa shape index (κ3) is 4.18. The molecule has 0 radical (unpaired) electrons. The van der Waals surface area contributed by atoms with Crippen molar-refractivity contribution in [3.05, 3.63) is 0 Å². The Morgan fingerprint density at radius 1 is 1.35 bits per heavy atom. The van der Waals surface area contributed by atoms with E-state index in [-0.39, 0.29) is 11.4 Å². The third-order valence-corrected chi connectivity index (χ3v) is 4.35. The topological polar surface area (TPSA) is 32.3 Å². The molecule has 0 saturated carbocycles. The summed E-state index contributed by atoms with van der Waals surface area (Å²) >= 11 is 1.91. The molecule has 1 saturated heterocycles. The average Bonchev–Trinajstić information content (AvgIpc) is 2.62. The molecule has 1 amide bonds. The van der Waals surface area contributed by atoms with E-state index in [0.717, 1.165) is 26.1 Å². The van der Waals surface area contributed by atoms with Crippen LogP contribution in [0.1, 0.15) is 46.0 Å². The van der Waals surface area contributed by atoms with Crippen LogP contribution in [0, 0.1) is 0 Å². The molecule has 17 heavy (non-hydrogen) atoms. The lowest BCUT2D eigenvalue weighted by atomic mass is 9.99. The van der Waals surface area contributed by atoms with Crippen LogP contribution in [0.5, 0.6) is 0 Å². The predicted molar refractivity (Wildman–Crippen MR) is 75.3 cm³/mol. The molecule has 1 unspecified atom stereocenters. The molecule has 0 spiro atoms. The molecule has 1 rings (SSSR count). The fourth-order valence-electron chi connectivity index (χ4n) is 2.13. The zero-order valence-corrected chi connectivity index (χ0v) is 12.2. The number of hydrogen-bond donors (Lipinski definition) is 1. The van der Waals surface area contributed by atoms with Crippen LogP contribution in [-0.4, -0.2) is 41.6 Å². The second kappa shape index (κ2) is 7.27. The second-order valence-corrected chi connectivity index (χ2v) is 5.98. The Morgan fingerprint density at radius 2 is 2.06 bits per heavy atom. The van der Waals surface area contributed by atoms with Gasteiger partial charge in [-0.2, -0.15) is 11.8 Å². The summed E-state index contributed by atoms with van der Waals surface area (Å²) in [4.78, 5) is 14.1. The fourth-order valence-corrected chi connectivity index (χ4v) is 2.62. The number of nitrogens with one attached hydrogen (secondary N) is 1. The van der Waals surface area contributed by atoms with Crippen molar-refractivity contribution in [3.63, 3.8) is 0 Å². The van der Waals surface area contributed by atoms with Crippen molar-refractivity contribution in [2.75, 3.05) is 25.2 Å². The molecule has 3 nitrogen and oxygen atoms in total. The first-order valence-electron chi connectivity index (χ1n) is 6.67. The lowest BCUT2D eigenvalue weighted by Gasteiger charge is -2.20. The number of amides is 1. The van der Waals surface area contributed by atoms with E-state index < -0.39 is 0 Å². The van der Waals surface area contributed by atoms with Gasteiger partial charge in [0.1, 0.15) is 0 Å². The van der Waals surface area contributed by atoms with Crippen LogP contribution in [0.4, 0.5) is 0 Å². The van der Waals surface area contributed by atoms with Gasteiger partial charge in [-0.05, 0) is 38.2 Å². The molecule has 1 fully saturated rings. The quantitative estimate of drug-likeness (QED) is 0.679. The summed E-state index contributed by atoms with van der Waals surface area (Å²) in [6.07, 6.45) is 8.01. The molecule has 1 heterocycles. The van der Waals surface area contributed by atoms with Crippen molar-refractivity contribution in [2.24, 2.45) is 0 Å². The van der Waals surface area contributed by atoms with Crippen LogP contribution < -0.4 is 5.32 Å². The van der Waals surface area contributed by atoms with Crippen LogP contribution in [0.15, 0.2) is 0 Å². The minimum absolute atomic E-state index is 0.282. The molecular weight excluding hydrogens is 232 g/mol. The monoisotopic (exact) mass is 258 g/mol. The van der Waals surface area contributed by atoms with Crippen molar-refractivity contribution in [2.45, 2.75) is 51.5 Å². The number of carbonyl (C=O) groups excluding carboxylic acids is 1. The van der Waals surface area contributed by atoms with Crippen LogP contribution in [0.25, 0.3) is 0 Å². The molecule has 1 atom stereocenters. The minimum Gasteiger partial charge on any atom is -0.328 e. The minimum atomic E-state index is -0.307. The smallest absolute Gasteiger partial charge is 0.243 e. The summed E-state index contributed by atoms with van der Waals surface area (Å²) in [5, 5.41) is 3.32. The molecule has 0 aliphatic carbocycles. The van der Waals surface area contributed by atoms with Gasteiger partial charge in [-0.15, -0.1) is 0 Å². The van der Waals surface area contributed by atoms with Crippen molar-refractivity contribution < 1.29 is 4.79 Å². The molecule has 4 heteroatoms. The summed E-state index contributed by atoms with van der Waals surface area (Å²) in [5.41, 5.74) is -0.307. The predicted octanol–water partition coefficient (Wildman–Crippen LogP) is 2.47. The summed E-state index contributed by atoms with van der Waals surface area (Å²) < 4.78 is 0. The van der Waals surface area contributed by atoms with Gasteiger partial charge in [-0.25, -0.2) is 0 Å². The van der Waals surface area contributed by atoms with Crippen molar-refractivity contribution in [1.29, 1.82) is 0 Å². The van der Waals surface area contributed by atoms with Crippen LogP contribution in [-0.2, 0) is 4.79 Å². The van der Waals surface area contributed by atoms with Gasteiger partial charge in [-0.3, -0.25) is 10.1 Å². The summed E-state index contributed by atoms with van der Waals surface area (Å²) in [6.45, 7) is 5.72. The first-order valence-corrected chi connectivity index (χ1v) is 8.07. The van der Waals surface area contributed by atoms with E-state index in [0.29, 0.717) is 0 Å². The number of thioether (sulfide) groups is 1. The largest absolute Gasteiger partial charge is 0.328 e. The number of nitrogens with zero attached hydrogens (tertiary/aromatic N) is 1. The van der Waals surface area contributed by atoms with Crippen molar-refractivity contribution in [1.82, 2.24) is 10.2 Å². The number of unbranched alkanes of at least 4 members (excludes halogenated alkanes) is 3. The van der Waals surface area contributed by atoms with E-state index in [4.69, 9.17) is 0 Å². The number of rotatable bonds is 8. The van der Waals surface area contributed by atoms with E-state index in [9.17, 15) is 4.79 Å². The third-order valence-electron chi connectivity index (χ3n) is 3.65. The molecule has 1 aliphatic rings. The zero-order valence-electron chi connectivity index (χ0n) is 11.4. The highest BCUT2D eigenvalue weighted by Crippen LogP contribution is 2.19. The normalized spacial score (nSPS) is 24.6. The van der Waals surface area contributed by atoms with Gasteiger partial charge < -0.3 is 4.90 Å². The van der Waals surface area contributed by atoms with Gasteiger partial charge in [0, 0.05) is 6.54 Å². The van der Waals surface area contributed by atoms with Gasteiger partial charge in [0.2, 0.25) is 5.91 Å². The molecule has 0 aromatic rings. The Balaban J connectivity index is 2.15. The van der Waals surface area contributed by atoms with Crippen LogP contribution in [0.2, 0.25) is 0 Å². The maximum Gasteiger partial charge on any atom is 0.243 e. The van der Waals surface area contributed by atoms with Crippen molar-refractivity contribution >= 4 is 17.7 Å². The van der Waals surface area contributed by atoms with E-state index >= 15 is 0 Å². The Morgan fingerprint density at radius 3 is 2.65 bits per heavy atom. The number of hydrogen-bond acceptors (Lipinski definition) is 3. The van der Waals surface area contributed by atoms with E-state index in [1.54, 1.807) is 0 Å². The lowest BCUT2D eigenvalue weighted by Crippen LogP contribution is -2.43. The van der Waals surface area contributed by atoms with Crippen LogP contribution >= 0.6 is 11.8 Å². The SMILES string of the molecule is CCC1(C)NCN(CCCCCCSC)C1=O. The molecule has 0 bridgehead atoms. The molecule has 1 aliphatic heterocycles. The average molecular weight is 258 g/mol. The van der Waals surface area contributed by atoms with Gasteiger partial charge in [0.15, 0.2) is 0 Å². The maximum absolute atomic E-state index is 12.1. The number of carbonyl (C=O) groups is 1. The highest BCUT2D eigenvalue weighted by atomic mass is 32.2. The highest BCUT2D eigenvalue weighted by molar-refractivity contribution is 7.98. The summed E-state index contributed by atoms with van der Waals surface area (Å²) in [6, 6.07) is 0. The van der Waals surface area contributed by atoms with Crippen LogP contribution in [0.3, 0.4) is 0 Å². The van der Waals surface area contributed by atoms with Gasteiger partial charge in [-0.1, -0.05) is 19.8 Å². The lowest BCUT2D eigenvalue weighted by molar-refractivity contribution is -0.132. The van der Waals surface area contributed by atoms with Gasteiger partial charge in [0.05, 0.1) is 12.2 Å². The summed E-state index contributed by atoms with van der Waals surface area (Å²) in [7, 11) is 0. The van der Waals surface area contributed by atoms with Gasteiger partial charge in [0.25, 0.3) is 0 Å². The molecule has 100 valence electrons. The van der Waals surface area contributed by atoms with Gasteiger partial charge >= 0.3 is 0 Å². The fraction of sp³-hybridized carbons (Fsp3) is 0.923. The standard InChI is InChI=1S/C13H26N2OS/c1-4-13(2)12(16)15(11-14-13)9-7-5-6-8-10-17-3/h14H,4-11H2,1-3H3. The Kier molecular flexibility index (Phi) is 6.34.